The quantitative estimate of drug-likeness (QED) is 0.522. The summed E-state index contributed by atoms with van der Waals surface area (Å²) in [7, 11) is 0. The van der Waals surface area contributed by atoms with Gasteiger partial charge in [0.05, 0.1) is 0 Å². The van der Waals surface area contributed by atoms with Gasteiger partial charge in [0.2, 0.25) is 5.78 Å². The number of nitriles is 1. The number of nitrogens with two attached hydrogens (primary N) is 1. The van der Waals surface area contributed by atoms with Crippen molar-refractivity contribution in [3.05, 3.63) is 32.7 Å². The summed E-state index contributed by atoms with van der Waals surface area (Å²) >= 11 is 1.43. The Hall–Kier alpha value is -2.13. The lowest BCUT2D eigenvalue weighted by Crippen LogP contribution is -2.17. The molecular weight excluding hydrogens is 300 g/mol. The van der Waals surface area contributed by atoms with Gasteiger partial charge in [-0.15, -0.1) is 11.3 Å². The third-order valence-electron chi connectivity index (χ3n) is 3.65. The molecule has 2 rings (SSSR count). The van der Waals surface area contributed by atoms with Crippen molar-refractivity contribution in [2.24, 2.45) is 11.7 Å². The number of carbonyl (C=O) groups is 2. The summed E-state index contributed by atoms with van der Waals surface area (Å²) in [5.41, 5.74) is 6.62. The number of aryl methyl sites for hydroxylation is 1. The predicted molar refractivity (Wildman–Crippen MR) is 83.3 cm³/mol. The molecule has 0 amide bonds. The number of Topliss-reactive ketones (excluding diaryl/α,β-unsaturated/α-hetero) is 1. The van der Waals surface area contributed by atoms with E-state index in [-0.39, 0.29) is 11.3 Å². The number of carbonyl (C=O) groups excluding carboxylic acids is 2. The molecule has 0 bridgehead atoms. The van der Waals surface area contributed by atoms with Gasteiger partial charge in [0.15, 0.2) is 6.61 Å². The zero-order valence-electron chi connectivity index (χ0n) is 12.6. The van der Waals surface area contributed by atoms with Crippen molar-refractivity contribution in [2.75, 3.05) is 6.61 Å². The normalized spacial score (nSPS) is 18.0. The fourth-order valence-electron chi connectivity index (χ4n) is 2.45. The maximum Gasteiger partial charge on any atom is 0.348 e. The molecule has 0 saturated heterocycles. The Labute approximate surface area is 133 Å². The van der Waals surface area contributed by atoms with Gasteiger partial charge in [-0.2, -0.15) is 5.26 Å². The van der Waals surface area contributed by atoms with Gasteiger partial charge >= 0.3 is 5.97 Å². The van der Waals surface area contributed by atoms with Crippen molar-refractivity contribution in [1.82, 2.24) is 0 Å². The second-order valence-electron chi connectivity index (χ2n) is 5.58. The number of rotatable bonds is 4. The van der Waals surface area contributed by atoms with E-state index in [1.165, 1.54) is 28.7 Å². The lowest BCUT2D eigenvalue weighted by atomic mass is 9.90. The molecule has 1 aromatic rings. The first-order valence-electron chi connectivity index (χ1n) is 7.10. The molecule has 2 N–H and O–H groups in total. The van der Waals surface area contributed by atoms with Gasteiger partial charge in [-0.1, -0.05) is 6.92 Å². The van der Waals surface area contributed by atoms with Crippen LogP contribution in [0.3, 0.4) is 0 Å². The van der Waals surface area contributed by atoms with Gasteiger partial charge in [-0.05, 0) is 43.7 Å². The molecule has 22 heavy (non-hydrogen) atoms. The Morgan fingerprint density at radius 3 is 2.91 bits per heavy atom. The summed E-state index contributed by atoms with van der Waals surface area (Å²) in [6.45, 7) is 3.20. The largest absolute Gasteiger partial charge is 0.453 e. The van der Waals surface area contributed by atoms with Crippen LogP contribution in [0.2, 0.25) is 0 Å². The number of thiophene rings is 1. The van der Waals surface area contributed by atoms with E-state index in [1.54, 1.807) is 6.07 Å². The number of esters is 1. The van der Waals surface area contributed by atoms with E-state index in [9.17, 15) is 9.59 Å². The maximum absolute atomic E-state index is 12.0. The molecule has 0 radical (unpaired) electrons. The average molecular weight is 318 g/mol. The predicted octanol–water partition coefficient (Wildman–Crippen LogP) is 2.36. The Morgan fingerprint density at radius 1 is 1.55 bits per heavy atom. The molecule has 116 valence electrons. The van der Waals surface area contributed by atoms with Crippen molar-refractivity contribution >= 4 is 23.1 Å². The molecule has 0 spiro atoms. The fraction of sp³-hybridized carbons (Fsp3) is 0.438. The zero-order chi connectivity index (χ0) is 16.3. The smallest absolute Gasteiger partial charge is 0.348 e. The lowest BCUT2D eigenvalue weighted by molar-refractivity contribution is -0.118. The van der Waals surface area contributed by atoms with E-state index in [0.717, 1.165) is 19.3 Å². The molecule has 1 heterocycles. The molecule has 0 aromatic carbocycles. The zero-order valence-corrected chi connectivity index (χ0v) is 13.5. The van der Waals surface area contributed by atoms with E-state index in [4.69, 9.17) is 15.7 Å². The van der Waals surface area contributed by atoms with Crippen LogP contribution in [0.1, 0.15) is 40.4 Å². The average Bonchev–Trinajstić information content (AvgIpc) is 2.88. The Morgan fingerprint density at radius 2 is 2.27 bits per heavy atom. The number of ketones is 1. The van der Waals surface area contributed by atoms with Crippen LogP contribution in [0.15, 0.2) is 17.3 Å². The third kappa shape index (κ3) is 3.55. The minimum atomic E-state index is -0.578. The van der Waals surface area contributed by atoms with Crippen molar-refractivity contribution in [3.63, 3.8) is 0 Å². The number of nitrogens with zero attached hydrogens (tertiary/aromatic N) is 1. The first-order valence-corrected chi connectivity index (χ1v) is 7.92. The number of fused-ring (bicyclic) bond motifs is 1. The fourth-order valence-corrected chi connectivity index (χ4v) is 3.55. The van der Waals surface area contributed by atoms with Crippen LogP contribution in [0, 0.1) is 17.2 Å². The van der Waals surface area contributed by atoms with E-state index >= 15 is 0 Å². The highest BCUT2D eigenvalue weighted by atomic mass is 32.1. The highest BCUT2D eigenvalue weighted by Crippen LogP contribution is 2.32. The van der Waals surface area contributed by atoms with Gasteiger partial charge in [0, 0.05) is 10.6 Å². The minimum absolute atomic E-state index is 0.129. The van der Waals surface area contributed by atoms with Gasteiger partial charge in [0.1, 0.15) is 16.5 Å². The van der Waals surface area contributed by atoms with Crippen LogP contribution in [-0.4, -0.2) is 18.4 Å². The van der Waals surface area contributed by atoms with Crippen LogP contribution in [0.4, 0.5) is 0 Å². The summed E-state index contributed by atoms with van der Waals surface area (Å²) < 4.78 is 5.01. The number of hydrogen-bond donors (Lipinski definition) is 1. The van der Waals surface area contributed by atoms with E-state index in [1.807, 2.05) is 6.07 Å². The maximum atomic E-state index is 12.0. The first-order chi connectivity index (χ1) is 10.4. The molecule has 0 saturated carbocycles. The van der Waals surface area contributed by atoms with Crippen molar-refractivity contribution in [1.29, 1.82) is 5.26 Å². The lowest BCUT2D eigenvalue weighted by Gasteiger charge is -2.16. The Kier molecular flexibility index (Phi) is 4.99. The Balaban J connectivity index is 2.01. The van der Waals surface area contributed by atoms with Crippen molar-refractivity contribution in [2.45, 2.75) is 33.1 Å². The van der Waals surface area contributed by atoms with E-state index in [0.29, 0.717) is 10.8 Å². The van der Waals surface area contributed by atoms with Gasteiger partial charge in [-0.3, -0.25) is 4.79 Å². The molecule has 0 aliphatic heterocycles. The van der Waals surface area contributed by atoms with E-state index < -0.39 is 18.4 Å². The molecule has 1 aromatic heterocycles. The molecular formula is C16H18N2O3S. The summed E-state index contributed by atoms with van der Waals surface area (Å²) in [5.74, 6) is -0.471. The van der Waals surface area contributed by atoms with Crippen LogP contribution in [0.25, 0.3) is 0 Å². The van der Waals surface area contributed by atoms with Crippen molar-refractivity contribution in [3.8, 4) is 6.07 Å². The first kappa shape index (κ1) is 16.2. The van der Waals surface area contributed by atoms with Gasteiger partial charge in [0.25, 0.3) is 0 Å². The molecule has 5 nitrogen and oxygen atoms in total. The summed E-state index contributed by atoms with van der Waals surface area (Å²) in [4.78, 5) is 25.5. The molecule has 1 atom stereocenters. The van der Waals surface area contributed by atoms with Crippen LogP contribution < -0.4 is 5.73 Å². The van der Waals surface area contributed by atoms with Gasteiger partial charge in [-0.25, -0.2) is 4.79 Å². The molecule has 6 heteroatoms. The molecule has 1 aliphatic rings. The molecule has 0 fully saturated rings. The number of allylic oxidation sites excluding steroid dienone is 1. The SMILES string of the molecule is C/C(N)=C(/C#N)C(=O)COC(=O)c1cc2c(s1)CC[C@H](C)C2. The highest BCUT2D eigenvalue weighted by Gasteiger charge is 2.22. The second kappa shape index (κ2) is 6.75. The molecule has 1 aliphatic carbocycles. The summed E-state index contributed by atoms with van der Waals surface area (Å²) in [5, 5.41) is 8.84. The minimum Gasteiger partial charge on any atom is -0.453 e. The topological polar surface area (TPSA) is 93.2 Å². The highest BCUT2D eigenvalue weighted by molar-refractivity contribution is 7.14. The van der Waals surface area contributed by atoms with Crippen LogP contribution in [-0.2, 0) is 22.4 Å². The summed E-state index contributed by atoms with van der Waals surface area (Å²) in [6.07, 6.45) is 3.10. The van der Waals surface area contributed by atoms with Crippen LogP contribution in [0.5, 0.6) is 0 Å². The standard InChI is InChI=1S/C16H18N2O3S/c1-9-3-4-14-11(5-9)6-15(22-14)16(20)21-8-13(19)12(7-17)10(2)18/h6,9H,3-5,8,18H2,1-2H3/b12-10+/t9-/m0/s1. The number of hydrogen-bond acceptors (Lipinski definition) is 6. The van der Waals surface area contributed by atoms with Crippen LogP contribution >= 0.6 is 11.3 Å². The molecule has 0 unspecified atom stereocenters. The number of ether oxygens (including phenoxy) is 1. The Bertz CT molecular complexity index is 678. The summed E-state index contributed by atoms with van der Waals surface area (Å²) in [6, 6.07) is 3.58. The second-order valence-corrected chi connectivity index (χ2v) is 6.71. The monoisotopic (exact) mass is 318 g/mol. The van der Waals surface area contributed by atoms with E-state index in [2.05, 4.69) is 6.92 Å². The van der Waals surface area contributed by atoms with Gasteiger partial charge < -0.3 is 10.5 Å². The third-order valence-corrected chi connectivity index (χ3v) is 4.87. The van der Waals surface area contributed by atoms with Crippen molar-refractivity contribution < 1.29 is 14.3 Å².